The normalized spacial score (nSPS) is 11.3. The van der Waals surface area contributed by atoms with E-state index in [1.165, 1.54) is 5.56 Å². The third-order valence-corrected chi connectivity index (χ3v) is 4.02. The fourth-order valence-corrected chi connectivity index (χ4v) is 3.08. The number of halogens is 2. The number of hydrogen-bond donors (Lipinski definition) is 0. The van der Waals surface area contributed by atoms with Gasteiger partial charge in [0.1, 0.15) is 5.82 Å². The molecule has 0 spiro atoms. The zero-order valence-corrected chi connectivity index (χ0v) is 14.5. The predicted octanol–water partition coefficient (Wildman–Crippen LogP) is 4.57. The van der Waals surface area contributed by atoms with Gasteiger partial charge in [-0.1, -0.05) is 51.8 Å². The average Bonchev–Trinajstić information content (AvgIpc) is 2.71. The number of aryl methyl sites for hydroxylation is 1. The SMILES string of the molecule is Cc1ccc(-c2nnc(CBr)n2CC(C)C)c(Br)c1. The van der Waals surface area contributed by atoms with Crippen molar-refractivity contribution in [3.05, 3.63) is 34.1 Å². The molecule has 0 atom stereocenters. The van der Waals surface area contributed by atoms with Crippen LogP contribution < -0.4 is 0 Å². The number of nitrogens with zero attached hydrogens (tertiary/aromatic N) is 3. The van der Waals surface area contributed by atoms with Crippen molar-refractivity contribution in [2.75, 3.05) is 0 Å². The van der Waals surface area contributed by atoms with Crippen LogP contribution in [0.25, 0.3) is 11.4 Å². The summed E-state index contributed by atoms with van der Waals surface area (Å²) in [7, 11) is 0. The highest BCUT2D eigenvalue weighted by Crippen LogP contribution is 2.29. The number of alkyl halides is 1. The standard InChI is InChI=1S/C14H17Br2N3/c1-9(2)8-19-13(7-15)17-18-14(19)11-5-4-10(3)6-12(11)16/h4-6,9H,7-8H2,1-3H3. The summed E-state index contributed by atoms with van der Waals surface area (Å²) in [5.41, 5.74) is 2.32. The summed E-state index contributed by atoms with van der Waals surface area (Å²) in [5.74, 6) is 2.45. The Labute approximate surface area is 130 Å². The third kappa shape index (κ3) is 3.26. The van der Waals surface area contributed by atoms with Crippen molar-refractivity contribution >= 4 is 31.9 Å². The summed E-state index contributed by atoms with van der Waals surface area (Å²) in [6.45, 7) is 7.40. The lowest BCUT2D eigenvalue weighted by atomic mass is 10.1. The van der Waals surface area contributed by atoms with Gasteiger partial charge in [0.2, 0.25) is 0 Å². The smallest absolute Gasteiger partial charge is 0.165 e. The van der Waals surface area contributed by atoms with Crippen LogP contribution in [0.5, 0.6) is 0 Å². The van der Waals surface area contributed by atoms with Crippen molar-refractivity contribution in [3.8, 4) is 11.4 Å². The van der Waals surface area contributed by atoms with E-state index in [1.54, 1.807) is 0 Å². The Hall–Kier alpha value is -0.680. The second-order valence-electron chi connectivity index (χ2n) is 5.06. The van der Waals surface area contributed by atoms with Crippen LogP contribution in [0.1, 0.15) is 25.2 Å². The van der Waals surface area contributed by atoms with Gasteiger partial charge in [-0.15, -0.1) is 10.2 Å². The Balaban J connectivity index is 2.52. The van der Waals surface area contributed by atoms with Gasteiger partial charge in [-0.25, -0.2) is 0 Å². The number of hydrogen-bond acceptors (Lipinski definition) is 2. The number of aromatic nitrogens is 3. The summed E-state index contributed by atoms with van der Waals surface area (Å²) in [6, 6.07) is 6.30. The van der Waals surface area contributed by atoms with Crippen molar-refractivity contribution in [1.82, 2.24) is 14.8 Å². The van der Waals surface area contributed by atoms with Crippen molar-refractivity contribution < 1.29 is 0 Å². The van der Waals surface area contributed by atoms with E-state index in [2.05, 4.69) is 85.6 Å². The predicted molar refractivity (Wildman–Crippen MR) is 85.4 cm³/mol. The quantitative estimate of drug-likeness (QED) is 0.720. The first kappa shape index (κ1) is 14.7. The van der Waals surface area contributed by atoms with Crippen molar-refractivity contribution in [1.29, 1.82) is 0 Å². The zero-order valence-electron chi connectivity index (χ0n) is 11.3. The maximum atomic E-state index is 4.35. The highest BCUT2D eigenvalue weighted by Gasteiger charge is 2.16. The molecule has 0 unspecified atom stereocenters. The van der Waals surface area contributed by atoms with E-state index in [0.717, 1.165) is 33.6 Å². The van der Waals surface area contributed by atoms with Gasteiger partial charge in [0.15, 0.2) is 5.82 Å². The zero-order chi connectivity index (χ0) is 14.0. The molecule has 2 rings (SSSR count). The lowest BCUT2D eigenvalue weighted by Gasteiger charge is -2.13. The molecule has 1 aromatic carbocycles. The molecule has 5 heteroatoms. The molecular weight excluding hydrogens is 370 g/mol. The molecule has 0 amide bonds. The molecule has 0 aliphatic heterocycles. The molecule has 0 saturated carbocycles. The van der Waals surface area contributed by atoms with Crippen LogP contribution in [-0.4, -0.2) is 14.8 Å². The molecule has 0 fully saturated rings. The van der Waals surface area contributed by atoms with Gasteiger partial charge in [-0.05, 0) is 30.5 Å². The van der Waals surface area contributed by atoms with E-state index in [-0.39, 0.29) is 0 Å². The molecule has 0 saturated heterocycles. The van der Waals surface area contributed by atoms with Gasteiger partial charge in [-0.2, -0.15) is 0 Å². The highest BCUT2D eigenvalue weighted by molar-refractivity contribution is 9.10. The lowest BCUT2D eigenvalue weighted by Crippen LogP contribution is -2.09. The Morgan fingerprint density at radius 1 is 1.26 bits per heavy atom. The number of rotatable bonds is 4. The minimum Gasteiger partial charge on any atom is -0.310 e. The van der Waals surface area contributed by atoms with Crippen LogP contribution >= 0.6 is 31.9 Å². The molecule has 0 bridgehead atoms. The van der Waals surface area contributed by atoms with Crippen LogP contribution in [0, 0.1) is 12.8 Å². The van der Waals surface area contributed by atoms with Crippen LogP contribution in [0.4, 0.5) is 0 Å². The summed E-state index contributed by atoms with van der Waals surface area (Å²) in [5, 5.41) is 9.35. The molecule has 1 aromatic heterocycles. The second-order valence-corrected chi connectivity index (χ2v) is 6.48. The van der Waals surface area contributed by atoms with Gasteiger partial charge in [0.05, 0.1) is 5.33 Å². The maximum Gasteiger partial charge on any atom is 0.165 e. The van der Waals surface area contributed by atoms with Crippen molar-refractivity contribution in [2.24, 2.45) is 5.92 Å². The fraction of sp³-hybridized carbons (Fsp3) is 0.429. The van der Waals surface area contributed by atoms with Gasteiger partial charge >= 0.3 is 0 Å². The average molecular weight is 387 g/mol. The van der Waals surface area contributed by atoms with Crippen molar-refractivity contribution in [3.63, 3.8) is 0 Å². The van der Waals surface area contributed by atoms with E-state index in [0.29, 0.717) is 5.92 Å². The van der Waals surface area contributed by atoms with Gasteiger partial charge < -0.3 is 4.57 Å². The Morgan fingerprint density at radius 3 is 2.58 bits per heavy atom. The molecule has 3 nitrogen and oxygen atoms in total. The molecule has 0 aliphatic rings. The molecular formula is C14H17Br2N3. The van der Waals surface area contributed by atoms with Crippen LogP contribution in [-0.2, 0) is 11.9 Å². The fourth-order valence-electron chi connectivity index (χ4n) is 1.99. The molecule has 19 heavy (non-hydrogen) atoms. The Kier molecular flexibility index (Phi) is 4.79. The third-order valence-electron chi connectivity index (χ3n) is 2.86. The van der Waals surface area contributed by atoms with Gasteiger partial charge in [-0.3, -0.25) is 0 Å². The molecule has 0 radical (unpaired) electrons. The Bertz CT molecular complexity index is 576. The van der Waals surface area contributed by atoms with E-state index >= 15 is 0 Å². The molecule has 0 aliphatic carbocycles. The first-order valence-corrected chi connectivity index (χ1v) is 8.19. The van der Waals surface area contributed by atoms with Gasteiger partial charge in [0.25, 0.3) is 0 Å². The minimum absolute atomic E-state index is 0.553. The largest absolute Gasteiger partial charge is 0.310 e. The van der Waals surface area contributed by atoms with Crippen LogP contribution in [0.3, 0.4) is 0 Å². The minimum atomic E-state index is 0.553. The Morgan fingerprint density at radius 2 is 2.00 bits per heavy atom. The molecule has 0 N–H and O–H groups in total. The van der Waals surface area contributed by atoms with Crippen LogP contribution in [0.15, 0.2) is 22.7 Å². The summed E-state index contributed by atoms with van der Waals surface area (Å²) < 4.78 is 3.25. The topological polar surface area (TPSA) is 30.7 Å². The molecule has 2 aromatic rings. The second kappa shape index (κ2) is 6.18. The van der Waals surface area contributed by atoms with Gasteiger partial charge in [0, 0.05) is 16.6 Å². The van der Waals surface area contributed by atoms with E-state index in [9.17, 15) is 0 Å². The maximum absolute atomic E-state index is 4.35. The summed E-state index contributed by atoms with van der Waals surface area (Å²) in [6.07, 6.45) is 0. The summed E-state index contributed by atoms with van der Waals surface area (Å²) in [4.78, 5) is 0. The molecule has 1 heterocycles. The van der Waals surface area contributed by atoms with Crippen LogP contribution in [0.2, 0.25) is 0 Å². The number of benzene rings is 1. The molecule has 102 valence electrons. The van der Waals surface area contributed by atoms with E-state index in [1.807, 2.05) is 0 Å². The van der Waals surface area contributed by atoms with E-state index < -0.39 is 0 Å². The first-order valence-electron chi connectivity index (χ1n) is 6.27. The van der Waals surface area contributed by atoms with Crippen molar-refractivity contribution in [2.45, 2.75) is 32.6 Å². The highest BCUT2D eigenvalue weighted by atomic mass is 79.9. The monoisotopic (exact) mass is 385 g/mol. The van der Waals surface area contributed by atoms with E-state index in [4.69, 9.17) is 0 Å². The summed E-state index contributed by atoms with van der Waals surface area (Å²) >= 11 is 7.10. The lowest BCUT2D eigenvalue weighted by molar-refractivity contribution is 0.516. The first-order chi connectivity index (χ1) is 9.02.